The van der Waals surface area contributed by atoms with Gasteiger partial charge in [0.25, 0.3) is 0 Å². The Hall–Kier alpha value is -3.51. The fourth-order valence-electron chi connectivity index (χ4n) is 4.31. The van der Waals surface area contributed by atoms with Crippen LogP contribution in [0.5, 0.6) is 5.75 Å². The van der Waals surface area contributed by atoms with Gasteiger partial charge in [-0.1, -0.05) is 0 Å². The predicted molar refractivity (Wildman–Crippen MR) is 120 cm³/mol. The van der Waals surface area contributed by atoms with Gasteiger partial charge in [0.1, 0.15) is 23.2 Å². The van der Waals surface area contributed by atoms with Crippen LogP contribution in [-0.2, 0) is 4.74 Å². The lowest BCUT2D eigenvalue weighted by Crippen LogP contribution is -2.36. The lowest BCUT2D eigenvalue weighted by Gasteiger charge is -2.31. The number of nitrogens with zero attached hydrogens (tertiary/aromatic N) is 6. The van der Waals surface area contributed by atoms with Crippen molar-refractivity contribution < 1.29 is 9.47 Å². The number of anilines is 2. The first kappa shape index (κ1) is 20.4. The molecule has 2 aliphatic rings. The quantitative estimate of drug-likeness (QED) is 0.652. The third kappa shape index (κ3) is 4.55. The molecular formula is C23H25N7O2. The molecule has 3 aromatic rings. The van der Waals surface area contributed by atoms with Crippen LogP contribution in [0, 0.1) is 11.3 Å². The van der Waals surface area contributed by atoms with Gasteiger partial charge in [-0.05, 0) is 43.9 Å². The minimum atomic E-state index is 0.130. The maximum atomic E-state index is 8.85. The Morgan fingerprint density at radius 3 is 2.59 bits per heavy atom. The zero-order chi connectivity index (χ0) is 21.8. The summed E-state index contributed by atoms with van der Waals surface area (Å²) in [5, 5.41) is 20.2. The predicted octanol–water partition coefficient (Wildman–Crippen LogP) is 2.93. The molecule has 0 radical (unpaired) electrons. The molecule has 0 amide bonds. The van der Waals surface area contributed by atoms with E-state index in [1.165, 1.54) is 0 Å². The maximum Gasteiger partial charge on any atom is 0.163 e. The van der Waals surface area contributed by atoms with Crippen molar-refractivity contribution in [3.8, 4) is 11.8 Å². The summed E-state index contributed by atoms with van der Waals surface area (Å²) in [6.07, 6.45) is 7.38. The van der Waals surface area contributed by atoms with Crippen molar-refractivity contribution in [2.75, 3.05) is 36.5 Å². The number of hydrogen-bond acceptors (Lipinski definition) is 9. The topological polar surface area (TPSA) is 109 Å². The van der Waals surface area contributed by atoms with E-state index >= 15 is 0 Å². The van der Waals surface area contributed by atoms with E-state index in [0.717, 1.165) is 74.5 Å². The second kappa shape index (κ2) is 9.32. The molecule has 32 heavy (non-hydrogen) atoms. The molecule has 2 aromatic heterocycles. The monoisotopic (exact) mass is 431 g/mol. The highest BCUT2D eigenvalue weighted by Gasteiger charge is 2.24. The van der Waals surface area contributed by atoms with E-state index in [-0.39, 0.29) is 6.10 Å². The van der Waals surface area contributed by atoms with E-state index in [1.807, 2.05) is 6.07 Å². The minimum Gasteiger partial charge on any atom is -0.488 e. The molecule has 5 rings (SSSR count). The van der Waals surface area contributed by atoms with Crippen molar-refractivity contribution in [3.05, 3.63) is 42.4 Å². The molecule has 0 unspecified atom stereocenters. The minimum absolute atomic E-state index is 0.130. The largest absolute Gasteiger partial charge is 0.488 e. The fourth-order valence-corrected chi connectivity index (χ4v) is 4.31. The van der Waals surface area contributed by atoms with Crippen LogP contribution >= 0.6 is 0 Å². The van der Waals surface area contributed by atoms with Gasteiger partial charge in [0.2, 0.25) is 0 Å². The zero-order valence-electron chi connectivity index (χ0n) is 17.8. The van der Waals surface area contributed by atoms with Crippen molar-refractivity contribution in [2.24, 2.45) is 0 Å². The summed E-state index contributed by atoms with van der Waals surface area (Å²) in [7, 11) is 0. The molecule has 1 aliphatic heterocycles. The van der Waals surface area contributed by atoms with E-state index in [0.29, 0.717) is 17.6 Å². The first-order valence-electron chi connectivity index (χ1n) is 11.0. The summed E-state index contributed by atoms with van der Waals surface area (Å²) >= 11 is 0. The van der Waals surface area contributed by atoms with E-state index in [9.17, 15) is 0 Å². The summed E-state index contributed by atoms with van der Waals surface area (Å²) in [5.41, 5.74) is 3.08. The first-order chi connectivity index (χ1) is 15.8. The Bertz CT molecular complexity index is 1100. The number of ether oxygens (including phenoxy) is 2. The molecule has 9 nitrogen and oxygen atoms in total. The normalized spacial score (nSPS) is 21.2. The molecule has 2 fully saturated rings. The van der Waals surface area contributed by atoms with Crippen LogP contribution < -0.4 is 15.0 Å². The second-order valence-electron chi connectivity index (χ2n) is 8.12. The Labute approximate surface area is 186 Å². The third-order valence-corrected chi connectivity index (χ3v) is 6.00. The highest BCUT2D eigenvalue weighted by Crippen LogP contribution is 2.33. The van der Waals surface area contributed by atoms with Crippen molar-refractivity contribution >= 4 is 22.5 Å². The van der Waals surface area contributed by atoms with E-state index in [2.05, 4.69) is 42.5 Å². The number of nitriles is 1. The summed E-state index contributed by atoms with van der Waals surface area (Å²) in [6, 6.07) is 9.96. The molecule has 1 aromatic carbocycles. The molecule has 0 bridgehead atoms. The number of aromatic nitrogens is 4. The van der Waals surface area contributed by atoms with Crippen molar-refractivity contribution in [1.29, 1.82) is 5.26 Å². The molecule has 1 saturated carbocycles. The molecule has 9 heteroatoms. The molecule has 0 atom stereocenters. The van der Waals surface area contributed by atoms with Crippen LogP contribution in [-0.4, -0.2) is 58.6 Å². The van der Waals surface area contributed by atoms with Gasteiger partial charge >= 0.3 is 0 Å². The summed E-state index contributed by atoms with van der Waals surface area (Å²) in [6.45, 7) is 3.19. The van der Waals surface area contributed by atoms with Gasteiger partial charge < -0.3 is 19.7 Å². The van der Waals surface area contributed by atoms with Crippen molar-refractivity contribution in [1.82, 2.24) is 20.2 Å². The lowest BCUT2D eigenvalue weighted by molar-refractivity contribution is 0.122. The van der Waals surface area contributed by atoms with Crippen molar-refractivity contribution in [2.45, 2.75) is 37.8 Å². The van der Waals surface area contributed by atoms with Crippen LogP contribution in [0.3, 0.4) is 0 Å². The Morgan fingerprint density at radius 1 is 1.03 bits per heavy atom. The van der Waals surface area contributed by atoms with Crippen LogP contribution in [0.1, 0.15) is 31.4 Å². The standard InChI is InChI=1S/C23H25N7O2/c24-15-17-3-6-22(29-28-17)27-16-1-4-19(5-2-16)32-21-14-18(30-9-11-31-12-10-30)13-20-23(21)26-8-7-25-20/h3,6-8,13-14,16,19H,1-2,4-5,9-12H2,(H,27,29). The van der Waals surface area contributed by atoms with E-state index < -0.39 is 0 Å². The Kier molecular flexibility index (Phi) is 5.94. The molecule has 1 N–H and O–H groups in total. The second-order valence-corrected chi connectivity index (χ2v) is 8.12. The van der Waals surface area contributed by atoms with E-state index in [4.69, 9.17) is 14.7 Å². The van der Waals surface area contributed by atoms with Gasteiger partial charge in [-0.3, -0.25) is 4.98 Å². The summed E-state index contributed by atoms with van der Waals surface area (Å²) < 4.78 is 12.0. The van der Waals surface area contributed by atoms with Gasteiger partial charge in [-0.25, -0.2) is 4.98 Å². The highest BCUT2D eigenvalue weighted by molar-refractivity contribution is 5.85. The van der Waals surface area contributed by atoms with Gasteiger partial charge in [-0.2, -0.15) is 5.26 Å². The molecule has 0 spiro atoms. The maximum absolute atomic E-state index is 8.85. The smallest absolute Gasteiger partial charge is 0.163 e. The molecule has 164 valence electrons. The number of nitrogens with one attached hydrogen (secondary N) is 1. The third-order valence-electron chi connectivity index (χ3n) is 6.00. The Morgan fingerprint density at radius 2 is 1.84 bits per heavy atom. The van der Waals surface area contributed by atoms with Crippen LogP contribution in [0.4, 0.5) is 11.5 Å². The molecular weight excluding hydrogens is 406 g/mol. The highest BCUT2D eigenvalue weighted by atomic mass is 16.5. The number of benzene rings is 1. The number of fused-ring (bicyclic) bond motifs is 1. The van der Waals surface area contributed by atoms with Gasteiger partial charge in [0.15, 0.2) is 5.69 Å². The fraction of sp³-hybridized carbons (Fsp3) is 0.435. The summed E-state index contributed by atoms with van der Waals surface area (Å²) in [4.78, 5) is 11.4. The molecule has 3 heterocycles. The number of rotatable bonds is 5. The number of morpholine rings is 1. The Balaban J connectivity index is 1.26. The zero-order valence-corrected chi connectivity index (χ0v) is 17.8. The molecule has 1 aliphatic carbocycles. The van der Waals surface area contributed by atoms with Crippen LogP contribution in [0.25, 0.3) is 11.0 Å². The number of hydrogen-bond donors (Lipinski definition) is 1. The average Bonchev–Trinajstić information content (AvgIpc) is 2.86. The van der Waals surface area contributed by atoms with Gasteiger partial charge in [0.05, 0.1) is 24.8 Å². The molecule has 1 saturated heterocycles. The van der Waals surface area contributed by atoms with Gasteiger partial charge in [0, 0.05) is 43.3 Å². The SMILES string of the molecule is N#Cc1ccc(NC2CCC(Oc3cc(N4CCOCC4)cc4nccnc34)CC2)nn1. The lowest BCUT2D eigenvalue weighted by atomic mass is 9.93. The van der Waals surface area contributed by atoms with Crippen LogP contribution in [0.2, 0.25) is 0 Å². The van der Waals surface area contributed by atoms with Crippen LogP contribution in [0.15, 0.2) is 36.7 Å². The van der Waals surface area contributed by atoms with Gasteiger partial charge in [-0.15, -0.1) is 10.2 Å². The van der Waals surface area contributed by atoms with Crippen molar-refractivity contribution in [3.63, 3.8) is 0 Å². The summed E-state index contributed by atoms with van der Waals surface area (Å²) in [5.74, 6) is 1.50. The average molecular weight is 432 g/mol. The van der Waals surface area contributed by atoms with E-state index in [1.54, 1.807) is 24.5 Å². The first-order valence-corrected chi connectivity index (χ1v) is 11.0.